The van der Waals surface area contributed by atoms with E-state index in [0.29, 0.717) is 27.9 Å². The van der Waals surface area contributed by atoms with Gasteiger partial charge in [-0.15, -0.1) is 0 Å². The van der Waals surface area contributed by atoms with Crippen molar-refractivity contribution in [1.82, 2.24) is 25.0 Å². The highest BCUT2D eigenvalue weighted by molar-refractivity contribution is 6.35. The van der Waals surface area contributed by atoms with Crippen molar-refractivity contribution in [3.05, 3.63) is 33.8 Å². The zero-order chi connectivity index (χ0) is 21.7. The number of carboxylic acid groups (broad SMARTS) is 1. The predicted molar refractivity (Wildman–Crippen MR) is 109 cm³/mol. The maximum atomic E-state index is 13.4. The largest absolute Gasteiger partial charge is 0.480 e. The molecule has 3 aliphatic rings. The molecule has 0 saturated carbocycles. The summed E-state index contributed by atoms with van der Waals surface area (Å²) in [5.74, 6) is -1.42. The van der Waals surface area contributed by atoms with Crippen LogP contribution < -0.4 is 5.32 Å². The molecule has 30 heavy (non-hydrogen) atoms. The summed E-state index contributed by atoms with van der Waals surface area (Å²) in [6.07, 6.45) is -1.22. The van der Waals surface area contributed by atoms with Gasteiger partial charge in [0, 0.05) is 29.3 Å². The number of imide groups is 1. The normalized spacial score (nSPS) is 26.6. The van der Waals surface area contributed by atoms with Gasteiger partial charge in [-0.1, -0.05) is 29.3 Å². The first kappa shape index (κ1) is 20.9. The number of carboxylic acids is 1. The van der Waals surface area contributed by atoms with Gasteiger partial charge in [-0.05, 0) is 24.6 Å². The molecule has 3 atom stereocenters. The third-order valence-electron chi connectivity index (χ3n) is 5.39. The number of hydrogen-bond acceptors (Lipinski definition) is 7. The first-order valence-electron chi connectivity index (χ1n) is 9.24. The molecule has 2 N–H and O–H groups in total. The molecule has 0 bridgehead atoms. The number of fused-ring (bicyclic) bond motifs is 3. The second kappa shape index (κ2) is 7.69. The molecule has 3 unspecified atom stereocenters. The van der Waals surface area contributed by atoms with Crippen LogP contribution in [0, 0.1) is 0 Å². The van der Waals surface area contributed by atoms with Crippen LogP contribution in [0.15, 0.2) is 23.3 Å². The predicted octanol–water partition coefficient (Wildman–Crippen LogP) is 1.05. The van der Waals surface area contributed by atoms with Gasteiger partial charge in [-0.3, -0.25) is 24.8 Å². The summed E-state index contributed by atoms with van der Waals surface area (Å²) in [7, 11) is 1.60. The third-order valence-corrected chi connectivity index (χ3v) is 5.98. The molecule has 2 fully saturated rings. The molecule has 1 aromatic carbocycles. The lowest BCUT2D eigenvalue weighted by molar-refractivity contribution is -0.141. The van der Waals surface area contributed by atoms with Crippen LogP contribution in [0.1, 0.15) is 12.5 Å². The van der Waals surface area contributed by atoms with Crippen LogP contribution in [0.4, 0.5) is 4.79 Å². The summed E-state index contributed by atoms with van der Waals surface area (Å²) in [5, 5.41) is 18.9. The Morgan fingerprint density at radius 1 is 1.33 bits per heavy atom. The standard InChI is InChI=1S/C18H20Cl2N6O4/c1-9-6-24-14-15(21-17(24)26(22-9)8-13(27)28)23(2)18(30)25(16(14)29)7-10-3-4-11(19)5-12(10)20/h3-5,14-15,17,21H,6-8H2,1-2H3,(H,27,28). The number of carbonyl (C=O) groups is 3. The number of likely N-dealkylation sites (N-methyl/N-ethyl adjacent to an activating group) is 1. The minimum Gasteiger partial charge on any atom is -0.480 e. The number of amides is 3. The van der Waals surface area contributed by atoms with Crippen molar-refractivity contribution in [1.29, 1.82) is 0 Å². The van der Waals surface area contributed by atoms with E-state index in [1.807, 2.05) is 4.90 Å². The maximum Gasteiger partial charge on any atom is 0.328 e. The minimum absolute atomic E-state index is 0.00560. The van der Waals surface area contributed by atoms with Crippen LogP contribution in [-0.2, 0) is 16.1 Å². The van der Waals surface area contributed by atoms with Crippen molar-refractivity contribution in [3.8, 4) is 0 Å². The summed E-state index contributed by atoms with van der Waals surface area (Å²) in [5.41, 5.74) is 1.27. The molecule has 1 aromatic rings. The average molecular weight is 455 g/mol. The van der Waals surface area contributed by atoms with Gasteiger partial charge >= 0.3 is 12.0 Å². The molecule has 2 saturated heterocycles. The van der Waals surface area contributed by atoms with E-state index < -0.39 is 30.5 Å². The fourth-order valence-electron chi connectivity index (χ4n) is 4.08. The van der Waals surface area contributed by atoms with Gasteiger partial charge in [-0.25, -0.2) is 9.69 Å². The second-order valence-electron chi connectivity index (χ2n) is 7.48. The number of urea groups is 1. The molecule has 0 aliphatic carbocycles. The molecule has 160 valence electrons. The number of carbonyl (C=O) groups excluding carboxylic acids is 2. The molecule has 4 rings (SSSR count). The Bertz CT molecular complexity index is 957. The molecule has 0 spiro atoms. The van der Waals surface area contributed by atoms with Crippen molar-refractivity contribution < 1.29 is 19.5 Å². The van der Waals surface area contributed by atoms with Crippen molar-refractivity contribution in [3.63, 3.8) is 0 Å². The second-order valence-corrected chi connectivity index (χ2v) is 8.33. The fraction of sp³-hybridized carbons (Fsp3) is 0.444. The Hall–Kier alpha value is -2.40. The third kappa shape index (κ3) is 3.49. The number of hydrogen-bond donors (Lipinski definition) is 2. The van der Waals surface area contributed by atoms with Crippen LogP contribution >= 0.6 is 23.2 Å². The van der Waals surface area contributed by atoms with Crippen molar-refractivity contribution in [2.75, 3.05) is 20.1 Å². The molecule has 0 radical (unpaired) electrons. The molecular formula is C18H20Cl2N6O4. The van der Waals surface area contributed by atoms with Crippen molar-refractivity contribution >= 4 is 46.8 Å². The molecule has 0 aromatic heterocycles. The maximum absolute atomic E-state index is 13.4. The number of nitrogens with zero attached hydrogens (tertiary/aromatic N) is 5. The highest BCUT2D eigenvalue weighted by atomic mass is 35.5. The number of benzene rings is 1. The Labute approximate surface area is 182 Å². The van der Waals surface area contributed by atoms with E-state index in [-0.39, 0.29) is 19.0 Å². The summed E-state index contributed by atoms with van der Waals surface area (Å²) in [4.78, 5) is 42.0. The van der Waals surface area contributed by atoms with Crippen LogP contribution in [0.5, 0.6) is 0 Å². The van der Waals surface area contributed by atoms with Gasteiger partial charge in [0.25, 0.3) is 5.91 Å². The fourth-order valence-corrected chi connectivity index (χ4v) is 4.54. The Balaban J connectivity index is 1.64. The van der Waals surface area contributed by atoms with Gasteiger partial charge in [0.1, 0.15) is 18.8 Å². The number of nitrogens with one attached hydrogen (secondary N) is 1. The minimum atomic E-state index is -1.04. The van der Waals surface area contributed by atoms with Gasteiger partial charge in [0.15, 0.2) is 6.29 Å². The van der Waals surface area contributed by atoms with E-state index in [0.717, 1.165) is 4.90 Å². The van der Waals surface area contributed by atoms with E-state index in [1.165, 1.54) is 9.91 Å². The smallest absolute Gasteiger partial charge is 0.328 e. The SMILES string of the molecule is CC1=NN(CC(=O)O)C2NC3C(C(=O)N(Cc4ccc(Cl)cc4Cl)C(=O)N3C)N2C1. The highest BCUT2D eigenvalue weighted by Gasteiger charge is 2.56. The Morgan fingerprint density at radius 3 is 2.73 bits per heavy atom. The number of hydrazone groups is 1. The van der Waals surface area contributed by atoms with Gasteiger partial charge < -0.3 is 10.0 Å². The average Bonchev–Trinajstić information content (AvgIpc) is 3.04. The van der Waals surface area contributed by atoms with Crippen molar-refractivity contribution in [2.45, 2.75) is 32.0 Å². The molecular weight excluding hydrogens is 435 g/mol. The molecule has 3 amide bonds. The van der Waals surface area contributed by atoms with Crippen LogP contribution in [0.2, 0.25) is 10.0 Å². The van der Waals surface area contributed by atoms with E-state index in [2.05, 4.69) is 10.4 Å². The Morgan fingerprint density at radius 2 is 2.07 bits per heavy atom. The van der Waals surface area contributed by atoms with Crippen LogP contribution in [0.25, 0.3) is 0 Å². The molecule has 3 aliphatic heterocycles. The van der Waals surface area contributed by atoms with Gasteiger partial charge in [-0.2, -0.15) is 5.10 Å². The molecule has 12 heteroatoms. The summed E-state index contributed by atoms with van der Waals surface area (Å²) in [6, 6.07) is 3.73. The lowest BCUT2D eigenvalue weighted by Gasteiger charge is -2.42. The quantitative estimate of drug-likeness (QED) is 0.699. The summed E-state index contributed by atoms with van der Waals surface area (Å²) >= 11 is 12.2. The lowest BCUT2D eigenvalue weighted by atomic mass is 10.1. The first-order chi connectivity index (χ1) is 14.2. The van der Waals surface area contributed by atoms with E-state index in [9.17, 15) is 19.5 Å². The first-order valence-corrected chi connectivity index (χ1v) is 9.99. The van der Waals surface area contributed by atoms with Crippen LogP contribution in [0.3, 0.4) is 0 Å². The van der Waals surface area contributed by atoms with Gasteiger partial charge in [0.2, 0.25) is 0 Å². The Kier molecular flexibility index (Phi) is 5.35. The van der Waals surface area contributed by atoms with E-state index >= 15 is 0 Å². The van der Waals surface area contributed by atoms with Crippen LogP contribution in [-0.4, -0.2) is 87.1 Å². The van der Waals surface area contributed by atoms with E-state index in [4.69, 9.17) is 23.2 Å². The number of rotatable bonds is 4. The number of aliphatic carboxylic acids is 1. The molecule has 10 nitrogen and oxygen atoms in total. The monoisotopic (exact) mass is 454 g/mol. The summed E-state index contributed by atoms with van der Waals surface area (Å²) < 4.78 is 0. The van der Waals surface area contributed by atoms with Crippen molar-refractivity contribution in [2.24, 2.45) is 5.10 Å². The number of halogens is 2. The molecule has 3 heterocycles. The zero-order valence-electron chi connectivity index (χ0n) is 16.2. The van der Waals surface area contributed by atoms with E-state index in [1.54, 1.807) is 32.2 Å². The van der Waals surface area contributed by atoms with Gasteiger partial charge in [0.05, 0.1) is 6.54 Å². The lowest BCUT2D eigenvalue weighted by Crippen LogP contribution is -2.66. The summed E-state index contributed by atoms with van der Waals surface area (Å²) in [6.45, 7) is 1.82. The topological polar surface area (TPSA) is 109 Å². The zero-order valence-corrected chi connectivity index (χ0v) is 17.8. The highest BCUT2D eigenvalue weighted by Crippen LogP contribution is 2.31.